The van der Waals surface area contributed by atoms with E-state index in [1.165, 1.54) is 17.7 Å². The highest BCUT2D eigenvalue weighted by Crippen LogP contribution is 2.35. The predicted molar refractivity (Wildman–Crippen MR) is 76.0 cm³/mol. The van der Waals surface area contributed by atoms with Crippen molar-refractivity contribution >= 4 is 11.9 Å². The van der Waals surface area contributed by atoms with Crippen LogP contribution in [0, 0.1) is 5.92 Å². The molecule has 1 N–H and O–H groups in total. The van der Waals surface area contributed by atoms with Crippen LogP contribution in [-0.2, 0) is 9.59 Å². The van der Waals surface area contributed by atoms with Gasteiger partial charge in [-0.1, -0.05) is 31.0 Å². The second-order valence-electron chi connectivity index (χ2n) is 5.70. The fraction of sp³-hybridized carbons (Fsp3) is 0.500. The van der Waals surface area contributed by atoms with Gasteiger partial charge in [0.1, 0.15) is 12.4 Å². The van der Waals surface area contributed by atoms with Gasteiger partial charge >= 0.3 is 5.97 Å². The Morgan fingerprint density at radius 1 is 1.29 bits per heavy atom. The molecule has 5 heteroatoms. The lowest BCUT2D eigenvalue weighted by Gasteiger charge is -2.27. The van der Waals surface area contributed by atoms with E-state index in [2.05, 4.69) is 0 Å². The molecule has 0 bridgehead atoms. The van der Waals surface area contributed by atoms with Crippen LogP contribution in [0.3, 0.4) is 0 Å². The van der Waals surface area contributed by atoms with E-state index >= 15 is 0 Å². The number of amides is 1. The second kappa shape index (κ2) is 5.76. The molecule has 0 spiro atoms. The van der Waals surface area contributed by atoms with Crippen LogP contribution in [0.2, 0.25) is 0 Å². The Kier molecular flexibility index (Phi) is 3.82. The Hall–Kier alpha value is -2.04. The van der Waals surface area contributed by atoms with Crippen molar-refractivity contribution in [3.63, 3.8) is 0 Å². The minimum Gasteiger partial charge on any atom is -0.491 e. The predicted octanol–water partition coefficient (Wildman–Crippen LogP) is 2.22. The van der Waals surface area contributed by atoms with E-state index < -0.39 is 12.0 Å². The Bertz CT molecular complexity index is 553. The molecule has 1 aromatic carbocycles. The van der Waals surface area contributed by atoms with E-state index in [1.807, 2.05) is 6.07 Å². The highest BCUT2D eigenvalue weighted by molar-refractivity contribution is 5.85. The van der Waals surface area contributed by atoms with E-state index in [0.717, 1.165) is 6.42 Å². The van der Waals surface area contributed by atoms with E-state index in [1.54, 1.807) is 18.2 Å². The number of nitrogens with zero attached hydrogens (tertiary/aromatic N) is 1. The zero-order valence-corrected chi connectivity index (χ0v) is 11.8. The molecule has 1 atom stereocenters. The van der Waals surface area contributed by atoms with Crippen molar-refractivity contribution in [3.8, 4) is 5.75 Å². The summed E-state index contributed by atoms with van der Waals surface area (Å²) in [6.07, 6.45) is 3.68. The molecule has 1 heterocycles. The number of carbonyl (C=O) groups is 2. The summed E-state index contributed by atoms with van der Waals surface area (Å²) in [4.78, 5) is 25.6. The summed E-state index contributed by atoms with van der Waals surface area (Å²) in [5.41, 5.74) is 0.558. The first-order valence-electron chi connectivity index (χ1n) is 7.41. The summed E-state index contributed by atoms with van der Waals surface area (Å²) < 4.78 is 5.59. The van der Waals surface area contributed by atoms with Crippen LogP contribution in [0.1, 0.15) is 37.3 Å². The van der Waals surface area contributed by atoms with Gasteiger partial charge in [0.25, 0.3) is 0 Å². The summed E-state index contributed by atoms with van der Waals surface area (Å²) in [5, 5.41) is 9.57. The molecule has 5 nitrogen and oxygen atoms in total. The average Bonchev–Trinajstić information content (AvgIpc) is 3.29. The highest BCUT2D eigenvalue weighted by atomic mass is 16.5. The number of hydrogen-bond donors (Lipinski definition) is 1. The maximum absolute atomic E-state index is 12.4. The molecule has 1 aliphatic carbocycles. The molecule has 112 valence electrons. The van der Waals surface area contributed by atoms with Crippen LogP contribution in [0.5, 0.6) is 5.75 Å². The van der Waals surface area contributed by atoms with Crippen molar-refractivity contribution in [1.82, 2.24) is 4.90 Å². The molecule has 2 aliphatic rings. The number of hydrogen-bond acceptors (Lipinski definition) is 3. The highest BCUT2D eigenvalue weighted by Gasteiger charge is 2.35. The van der Waals surface area contributed by atoms with E-state index in [0.29, 0.717) is 36.8 Å². The minimum absolute atomic E-state index is 0.0883. The van der Waals surface area contributed by atoms with Gasteiger partial charge in [-0.3, -0.25) is 4.79 Å². The van der Waals surface area contributed by atoms with Crippen LogP contribution < -0.4 is 4.74 Å². The SMILES string of the molecule is O=C(O)C1c2ccccc2OCCN1C(=O)CCC1CC1. The minimum atomic E-state index is -1.01. The molecule has 1 aromatic rings. The number of rotatable bonds is 4. The first-order chi connectivity index (χ1) is 10.2. The number of para-hydroxylation sites is 1. The van der Waals surface area contributed by atoms with E-state index in [-0.39, 0.29) is 5.91 Å². The first-order valence-corrected chi connectivity index (χ1v) is 7.41. The third-order valence-electron chi connectivity index (χ3n) is 4.13. The van der Waals surface area contributed by atoms with Crippen LogP contribution in [0.25, 0.3) is 0 Å². The van der Waals surface area contributed by atoms with Gasteiger partial charge in [-0.2, -0.15) is 0 Å². The molecule has 1 aliphatic heterocycles. The number of benzene rings is 1. The van der Waals surface area contributed by atoms with Gasteiger partial charge in [-0.25, -0.2) is 4.79 Å². The Balaban J connectivity index is 1.84. The molecular formula is C16H19NO4. The summed E-state index contributed by atoms with van der Waals surface area (Å²) >= 11 is 0. The van der Waals surface area contributed by atoms with Crippen molar-refractivity contribution in [2.45, 2.75) is 31.7 Å². The molecule has 0 radical (unpaired) electrons. The lowest BCUT2D eigenvalue weighted by atomic mass is 10.0. The first kappa shape index (κ1) is 13.9. The van der Waals surface area contributed by atoms with Crippen molar-refractivity contribution in [3.05, 3.63) is 29.8 Å². The summed E-state index contributed by atoms with van der Waals surface area (Å²) in [5.74, 6) is 0.123. The molecular weight excluding hydrogens is 270 g/mol. The van der Waals surface area contributed by atoms with E-state index in [9.17, 15) is 14.7 Å². The standard InChI is InChI=1S/C16H19NO4/c18-14(8-7-11-5-6-11)17-9-10-21-13-4-2-1-3-12(13)15(17)16(19)20/h1-4,11,15H,5-10H2,(H,19,20). The van der Waals surface area contributed by atoms with Crippen molar-refractivity contribution in [2.24, 2.45) is 5.92 Å². The molecule has 1 saturated carbocycles. The van der Waals surface area contributed by atoms with Gasteiger partial charge in [0.15, 0.2) is 6.04 Å². The average molecular weight is 289 g/mol. The van der Waals surface area contributed by atoms with E-state index in [4.69, 9.17) is 4.74 Å². The van der Waals surface area contributed by atoms with Crippen LogP contribution in [0.15, 0.2) is 24.3 Å². The number of carboxylic acids is 1. The summed E-state index contributed by atoms with van der Waals surface area (Å²) in [7, 11) is 0. The number of carboxylic acid groups (broad SMARTS) is 1. The molecule has 3 rings (SSSR count). The van der Waals surface area contributed by atoms with Gasteiger partial charge in [-0.05, 0) is 18.4 Å². The zero-order chi connectivity index (χ0) is 14.8. The van der Waals surface area contributed by atoms with Crippen LogP contribution >= 0.6 is 0 Å². The van der Waals surface area contributed by atoms with Gasteiger partial charge < -0.3 is 14.7 Å². The Morgan fingerprint density at radius 2 is 2.05 bits per heavy atom. The van der Waals surface area contributed by atoms with Gasteiger partial charge in [0.05, 0.1) is 6.54 Å². The van der Waals surface area contributed by atoms with Crippen molar-refractivity contribution in [2.75, 3.05) is 13.2 Å². The molecule has 1 fully saturated rings. The fourth-order valence-electron chi connectivity index (χ4n) is 2.80. The topological polar surface area (TPSA) is 66.8 Å². The smallest absolute Gasteiger partial charge is 0.331 e. The van der Waals surface area contributed by atoms with Gasteiger partial charge in [0, 0.05) is 12.0 Å². The Labute approximate surface area is 123 Å². The van der Waals surface area contributed by atoms with Crippen molar-refractivity contribution in [1.29, 1.82) is 0 Å². The third-order valence-corrected chi connectivity index (χ3v) is 4.13. The number of carbonyl (C=O) groups excluding carboxylic acids is 1. The monoisotopic (exact) mass is 289 g/mol. The molecule has 1 unspecified atom stereocenters. The van der Waals surface area contributed by atoms with Crippen LogP contribution in [0.4, 0.5) is 0 Å². The van der Waals surface area contributed by atoms with Crippen molar-refractivity contribution < 1.29 is 19.4 Å². The lowest BCUT2D eigenvalue weighted by Crippen LogP contribution is -2.39. The fourth-order valence-corrected chi connectivity index (χ4v) is 2.80. The van der Waals surface area contributed by atoms with Gasteiger partial charge in [0.2, 0.25) is 5.91 Å². The molecule has 21 heavy (non-hydrogen) atoms. The second-order valence-corrected chi connectivity index (χ2v) is 5.70. The largest absolute Gasteiger partial charge is 0.491 e. The van der Waals surface area contributed by atoms with Gasteiger partial charge in [-0.15, -0.1) is 0 Å². The summed E-state index contributed by atoms with van der Waals surface area (Å²) in [6, 6.07) is 6.11. The Morgan fingerprint density at radius 3 is 2.76 bits per heavy atom. The molecule has 0 aromatic heterocycles. The lowest BCUT2D eigenvalue weighted by molar-refractivity contribution is -0.150. The number of aliphatic carboxylic acids is 1. The molecule has 0 saturated heterocycles. The third kappa shape index (κ3) is 3.01. The summed E-state index contributed by atoms with van der Waals surface area (Å²) in [6.45, 7) is 0.644. The zero-order valence-electron chi connectivity index (χ0n) is 11.8. The maximum Gasteiger partial charge on any atom is 0.331 e. The number of fused-ring (bicyclic) bond motifs is 1. The maximum atomic E-state index is 12.4. The normalized spacial score (nSPS) is 21.1. The van der Waals surface area contributed by atoms with Crippen LogP contribution in [-0.4, -0.2) is 35.0 Å². The quantitative estimate of drug-likeness (QED) is 0.923. The number of ether oxygens (including phenoxy) is 1. The molecule has 1 amide bonds.